The second-order valence-electron chi connectivity index (χ2n) is 6.64. The maximum Gasteiger partial charge on any atom is 0.128 e. The van der Waals surface area contributed by atoms with E-state index in [1.165, 1.54) is 0 Å². The van der Waals surface area contributed by atoms with E-state index >= 15 is 0 Å². The summed E-state index contributed by atoms with van der Waals surface area (Å²) in [6, 6.07) is 7.81. The molecule has 20 heavy (non-hydrogen) atoms. The number of hydrogen-bond acceptors (Lipinski definition) is 3. The molecule has 0 amide bonds. The first-order valence-electron chi connectivity index (χ1n) is 7.06. The van der Waals surface area contributed by atoms with Gasteiger partial charge in [0.25, 0.3) is 0 Å². The van der Waals surface area contributed by atoms with Gasteiger partial charge in [-0.2, -0.15) is 5.26 Å². The first-order chi connectivity index (χ1) is 9.31. The second kappa shape index (κ2) is 5.10. The van der Waals surface area contributed by atoms with Gasteiger partial charge in [-0.15, -0.1) is 0 Å². The molecular formula is C17H23NO2. The van der Waals surface area contributed by atoms with Crippen LogP contribution in [0.5, 0.6) is 5.75 Å². The third-order valence-electron chi connectivity index (χ3n) is 4.66. The van der Waals surface area contributed by atoms with Crippen molar-refractivity contribution in [2.45, 2.75) is 52.2 Å². The monoisotopic (exact) mass is 273 g/mol. The third-order valence-corrected chi connectivity index (χ3v) is 4.66. The van der Waals surface area contributed by atoms with Crippen molar-refractivity contribution in [2.24, 2.45) is 5.41 Å². The van der Waals surface area contributed by atoms with E-state index in [1.807, 2.05) is 18.2 Å². The van der Waals surface area contributed by atoms with E-state index in [-0.39, 0.29) is 17.1 Å². The van der Waals surface area contributed by atoms with Crippen LogP contribution in [0.4, 0.5) is 0 Å². The summed E-state index contributed by atoms with van der Waals surface area (Å²) in [5, 5.41) is 8.95. The highest BCUT2D eigenvalue weighted by Crippen LogP contribution is 2.42. The quantitative estimate of drug-likeness (QED) is 0.825. The first-order valence-corrected chi connectivity index (χ1v) is 7.06. The molecule has 2 atom stereocenters. The topological polar surface area (TPSA) is 42.2 Å². The molecule has 0 saturated heterocycles. The predicted molar refractivity (Wildman–Crippen MR) is 78.8 cm³/mol. The minimum absolute atomic E-state index is 0.0173. The van der Waals surface area contributed by atoms with Gasteiger partial charge >= 0.3 is 0 Å². The zero-order chi connectivity index (χ0) is 15.0. The van der Waals surface area contributed by atoms with E-state index in [9.17, 15) is 0 Å². The second-order valence-corrected chi connectivity index (χ2v) is 6.64. The molecule has 3 nitrogen and oxygen atoms in total. The highest BCUT2D eigenvalue weighted by Gasteiger charge is 2.47. The fraction of sp³-hybridized carbons (Fsp3) is 0.588. The summed E-state index contributed by atoms with van der Waals surface area (Å²) in [4.78, 5) is 0. The Labute approximate surface area is 121 Å². The fourth-order valence-corrected chi connectivity index (χ4v) is 2.77. The summed E-state index contributed by atoms with van der Waals surface area (Å²) in [6.45, 7) is 8.64. The van der Waals surface area contributed by atoms with Crippen molar-refractivity contribution in [2.75, 3.05) is 7.11 Å². The van der Waals surface area contributed by atoms with Crippen LogP contribution in [0.1, 0.15) is 45.2 Å². The van der Waals surface area contributed by atoms with Crippen molar-refractivity contribution in [3.8, 4) is 11.8 Å². The molecule has 0 radical (unpaired) electrons. The van der Waals surface area contributed by atoms with Gasteiger partial charge < -0.3 is 9.47 Å². The van der Waals surface area contributed by atoms with Gasteiger partial charge in [-0.05, 0) is 48.9 Å². The Morgan fingerprint density at radius 2 is 2.00 bits per heavy atom. The lowest BCUT2D eigenvalue weighted by Crippen LogP contribution is -2.55. The molecule has 0 bridgehead atoms. The van der Waals surface area contributed by atoms with Gasteiger partial charge in [0.15, 0.2) is 0 Å². The van der Waals surface area contributed by atoms with Crippen LogP contribution < -0.4 is 4.74 Å². The van der Waals surface area contributed by atoms with Crippen LogP contribution in [0, 0.1) is 16.7 Å². The van der Waals surface area contributed by atoms with Crippen LogP contribution in [0.25, 0.3) is 0 Å². The molecule has 0 fully saturated rings. The van der Waals surface area contributed by atoms with Gasteiger partial charge in [0.05, 0.1) is 11.6 Å². The molecule has 1 aromatic carbocycles. The van der Waals surface area contributed by atoms with Crippen molar-refractivity contribution < 1.29 is 9.47 Å². The predicted octanol–water partition coefficient (Wildman–Crippen LogP) is 3.70. The van der Waals surface area contributed by atoms with Crippen LogP contribution in [-0.2, 0) is 11.2 Å². The number of hydrogen-bond donors (Lipinski definition) is 0. The molecule has 108 valence electrons. The Morgan fingerprint density at radius 3 is 2.55 bits per heavy atom. The minimum Gasteiger partial charge on any atom is -0.487 e. The third kappa shape index (κ3) is 2.41. The Bertz CT molecular complexity index is 539. The van der Waals surface area contributed by atoms with Gasteiger partial charge in [0.2, 0.25) is 0 Å². The van der Waals surface area contributed by atoms with Crippen LogP contribution in [0.2, 0.25) is 0 Å². The van der Waals surface area contributed by atoms with Crippen LogP contribution in [0.15, 0.2) is 18.2 Å². The van der Waals surface area contributed by atoms with Gasteiger partial charge in [-0.25, -0.2) is 0 Å². The van der Waals surface area contributed by atoms with E-state index in [0.717, 1.165) is 24.2 Å². The van der Waals surface area contributed by atoms with E-state index in [1.54, 1.807) is 7.11 Å². The number of benzene rings is 1. The van der Waals surface area contributed by atoms with Gasteiger partial charge in [0.1, 0.15) is 17.5 Å². The summed E-state index contributed by atoms with van der Waals surface area (Å²) >= 11 is 0. The molecule has 1 aliphatic heterocycles. The van der Waals surface area contributed by atoms with E-state index < -0.39 is 0 Å². The fourth-order valence-electron chi connectivity index (χ4n) is 2.77. The number of aryl methyl sites for hydroxylation is 1. The normalized spacial score (nSPS) is 21.3. The maximum atomic E-state index is 8.95. The Kier molecular flexibility index (Phi) is 3.80. The molecule has 0 aliphatic carbocycles. The molecule has 0 N–H and O–H groups in total. The number of nitrogens with zero attached hydrogens (tertiary/aromatic N) is 1. The Hall–Kier alpha value is -1.53. The number of ether oxygens (including phenoxy) is 2. The molecule has 2 rings (SSSR count). The number of rotatable bonds is 2. The summed E-state index contributed by atoms with van der Waals surface area (Å²) in [7, 11) is 1.75. The number of nitriles is 1. The molecule has 3 heteroatoms. The lowest BCUT2D eigenvalue weighted by Gasteiger charge is -2.47. The van der Waals surface area contributed by atoms with Crippen LogP contribution >= 0.6 is 0 Å². The molecule has 0 unspecified atom stereocenters. The van der Waals surface area contributed by atoms with Crippen molar-refractivity contribution >= 4 is 0 Å². The number of methoxy groups -OCH3 is 1. The van der Waals surface area contributed by atoms with Crippen molar-refractivity contribution in [1.29, 1.82) is 5.26 Å². The van der Waals surface area contributed by atoms with Gasteiger partial charge in [0, 0.05) is 7.11 Å². The SMILES string of the molecule is CO[C@@](C)([C@H]1CCc2cc(C#N)ccc2O1)C(C)(C)C. The minimum atomic E-state index is -0.349. The molecule has 1 heterocycles. The average molecular weight is 273 g/mol. The number of fused-ring (bicyclic) bond motifs is 1. The molecular weight excluding hydrogens is 250 g/mol. The largest absolute Gasteiger partial charge is 0.487 e. The van der Waals surface area contributed by atoms with Crippen molar-refractivity contribution in [3.63, 3.8) is 0 Å². The zero-order valence-electron chi connectivity index (χ0n) is 13.0. The van der Waals surface area contributed by atoms with Crippen molar-refractivity contribution in [3.05, 3.63) is 29.3 Å². The van der Waals surface area contributed by atoms with Gasteiger partial charge in [-0.3, -0.25) is 0 Å². The molecule has 0 aromatic heterocycles. The molecule has 1 aromatic rings. The van der Waals surface area contributed by atoms with E-state index in [4.69, 9.17) is 14.7 Å². The van der Waals surface area contributed by atoms with E-state index in [0.29, 0.717) is 5.56 Å². The molecule has 0 saturated carbocycles. The van der Waals surface area contributed by atoms with Crippen molar-refractivity contribution in [1.82, 2.24) is 0 Å². The zero-order valence-corrected chi connectivity index (χ0v) is 13.0. The highest BCUT2D eigenvalue weighted by molar-refractivity contribution is 5.43. The summed E-state index contributed by atoms with van der Waals surface area (Å²) in [5.74, 6) is 0.882. The van der Waals surface area contributed by atoms with Crippen LogP contribution in [-0.4, -0.2) is 18.8 Å². The Balaban J connectivity index is 2.29. The maximum absolute atomic E-state index is 8.95. The Morgan fingerprint density at radius 1 is 1.30 bits per heavy atom. The average Bonchev–Trinajstić information content (AvgIpc) is 2.43. The molecule has 0 spiro atoms. The highest BCUT2D eigenvalue weighted by atomic mass is 16.5. The van der Waals surface area contributed by atoms with Gasteiger partial charge in [-0.1, -0.05) is 20.8 Å². The van der Waals surface area contributed by atoms with E-state index in [2.05, 4.69) is 33.8 Å². The summed E-state index contributed by atoms with van der Waals surface area (Å²) in [5.41, 5.74) is 1.44. The van der Waals surface area contributed by atoms with Crippen LogP contribution in [0.3, 0.4) is 0 Å². The summed E-state index contributed by atoms with van der Waals surface area (Å²) < 4.78 is 12.0. The lowest BCUT2D eigenvalue weighted by molar-refractivity contribution is -0.147. The first kappa shape index (κ1) is 14.9. The standard InChI is InChI=1S/C17H23NO2/c1-16(2,3)17(4,19-5)15-9-7-13-10-12(11-18)6-8-14(13)20-15/h6,8,10,15H,7,9H2,1-5H3/t15-,17+/m1/s1. The smallest absolute Gasteiger partial charge is 0.128 e. The molecule has 1 aliphatic rings. The lowest BCUT2D eigenvalue weighted by atomic mass is 9.72. The summed E-state index contributed by atoms with van der Waals surface area (Å²) in [6.07, 6.45) is 1.85.